The van der Waals surface area contributed by atoms with Crippen LogP contribution in [0.15, 0.2) is 36.5 Å². The van der Waals surface area contributed by atoms with Gasteiger partial charge in [0, 0.05) is 31.3 Å². The maximum atomic E-state index is 5.57. The van der Waals surface area contributed by atoms with E-state index in [-0.39, 0.29) is 6.04 Å². The highest BCUT2D eigenvalue weighted by Gasteiger charge is 2.09. The molecular weight excluding hydrogens is 214 g/mol. The third kappa shape index (κ3) is 2.79. The number of nitrogens with two attached hydrogens (primary N) is 1. The SMILES string of the molecule is COCCC(NN)c1ccc2ncccc2c1. The Morgan fingerprint density at radius 2 is 2.29 bits per heavy atom. The van der Waals surface area contributed by atoms with E-state index in [1.54, 1.807) is 13.3 Å². The molecule has 4 nitrogen and oxygen atoms in total. The second kappa shape index (κ2) is 5.72. The van der Waals surface area contributed by atoms with Crippen LogP contribution in [0.25, 0.3) is 10.9 Å². The molecule has 0 amide bonds. The zero-order valence-corrected chi connectivity index (χ0v) is 9.89. The summed E-state index contributed by atoms with van der Waals surface area (Å²) in [6, 6.07) is 10.3. The molecule has 0 aliphatic carbocycles. The van der Waals surface area contributed by atoms with Crippen LogP contribution in [0, 0.1) is 0 Å². The van der Waals surface area contributed by atoms with Crippen molar-refractivity contribution in [3.63, 3.8) is 0 Å². The van der Waals surface area contributed by atoms with Gasteiger partial charge >= 0.3 is 0 Å². The van der Waals surface area contributed by atoms with Crippen molar-refractivity contribution in [1.29, 1.82) is 0 Å². The first-order chi connectivity index (χ1) is 8.35. The smallest absolute Gasteiger partial charge is 0.0702 e. The summed E-state index contributed by atoms with van der Waals surface area (Å²) in [5.41, 5.74) is 4.97. The summed E-state index contributed by atoms with van der Waals surface area (Å²) in [6.45, 7) is 0.680. The molecule has 0 bridgehead atoms. The van der Waals surface area contributed by atoms with Crippen LogP contribution in [0.4, 0.5) is 0 Å². The fourth-order valence-corrected chi connectivity index (χ4v) is 1.89. The maximum absolute atomic E-state index is 5.57. The number of nitrogens with zero attached hydrogens (tertiary/aromatic N) is 1. The van der Waals surface area contributed by atoms with Crippen molar-refractivity contribution in [2.24, 2.45) is 5.84 Å². The summed E-state index contributed by atoms with van der Waals surface area (Å²) in [7, 11) is 1.69. The number of pyridine rings is 1. The van der Waals surface area contributed by atoms with Crippen molar-refractivity contribution in [2.75, 3.05) is 13.7 Å². The summed E-state index contributed by atoms with van der Waals surface area (Å²) < 4.78 is 5.08. The number of benzene rings is 1. The molecule has 90 valence electrons. The summed E-state index contributed by atoms with van der Waals surface area (Å²) in [5, 5.41) is 1.13. The van der Waals surface area contributed by atoms with Crippen molar-refractivity contribution in [2.45, 2.75) is 12.5 Å². The largest absolute Gasteiger partial charge is 0.385 e. The molecule has 0 aliphatic rings. The Balaban J connectivity index is 2.27. The van der Waals surface area contributed by atoms with Gasteiger partial charge in [-0.05, 0) is 30.2 Å². The predicted octanol–water partition coefficient (Wildman–Crippen LogP) is 1.78. The molecule has 2 aromatic rings. The minimum atomic E-state index is 0.111. The predicted molar refractivity (Wildman–Crippen MR) is 68.3 cm³/mol. The van der Waals surface area contributed by atoms with Gasteiger partial charge in [-0.3, -0.25) is 16.3 Å². The molecule has 2 rings (SSSR count). The van der Waals surface area contributed by atoms with E-state index in [4.69, 9.17) is 10.6 Å². The first-order valence-corrected chi connectivity index (χ1v) is 5.65. The molecule has 0 fully saturated rings. The number of hydrogen-bond donors (Lipinski definition) is 2. The van der Waals surface area contributed by atoms with Gasteiger partial charge in [-0.15, -0.1) is 0 Å². The van der Waals surface area contributed by atoms with Crippen molar-refractivity contribution >= 4 is 10.9 Å². The zero-order valence-electron chi connectivity index (χ0n) is 9.89. The molecular formula is C13H17N3O. The quantitative estimate of drug-likeness (QED) is 0.608. The fraction of sp³-hybridized carbons (Fsp3) is 0.308. The van der Waals surface area contributed by atoms with E-state index >= 15 is 0 Å². The van der Waals surface area contributed by atoms with Crippen molar-refractivity contribution in [3.05, 3.63) is 42.1 Å². The van der Waals surface area contributed by atoms with Gasteiger partial charge in [0.25, 0.3) is 0 Å². The van der Waals surface area contributed by atoms with Crippen molar-refractivity contribution in [1.82, 2.24) is 10.4 Å². The molecule has 3 N–H and O–H groups in total. The topological polar surface area (TPSA) is 60.2 Å². The Bertz CT molecular complexity index is 487. The number of fused-ring (bicyclic) bond motifs is 1. The van der Waals surface area contributed by atoms with E-state index in [1.807, 2.05) is 12.1 Å². The third-order valence-corrected chi connectivity index (χ3v) is 2.84. The summed E-state index contributed by atoms with van der Waals surface area (Å²) in [6.07, 6.45) is 2.64. The molecule has 0 spiro atoms. The first kappa shape index (κ1) is 12.0. The molecule has 0 saturated heterocycles. The average Bonchev–Trinajstić information content (AvgIpc) is 2.39. The van der Waals surface area contributed by atoms with Crippen LogP contribution in [0.1, 0.15) is 18.0 Å². The van der Waals surface area contributed by atoms with Crippen molar-refractivity contribution < 1.29 is 4.74 Å². The minimum absolute atomic E-state index is 0.111. The average molecular weight is 231 g/mol. The number of nitrogens with one attached hydrogen (secondary N) is 1. The molecule has 4 heteroatoms. The Labute approximate surface area is 101 Å². The Morgan fingerprint density at radius 3 is 3.06 bits per heavy atom. The van der Waals surface area contributed by atoms with Gasteiger partial charge in [0.2, 0.25) is 0 Å². The van der Waals surface area contributed by atoms with Crippen molar-refractivity contribution in [3.8, 4) is 0 Å². The van der Waals surface area contributed by atoms with Gasteiger partial charge in [0.15, 0.2) is 0 Å². The molecule has 1 heterocycles. The van der Waals surface area contributed by atoms with Crippen LogP contribution >= 0.6 is 0 Å². The summed E-state index contributed by atoms with van der Waals surface area (Å²) in [4.78, 5) is 4.29. The van der Waals surface area contributed by atoms with Crippen LogP contribution in [0.2, 0.25) is 0 Å². The number of aromatic nitrogens is 1. The molecule has 17 heavy (non-hydrogen) atoms. The van der Waals surface area contributed by atoms with E-state index < -0.39 is 0 Å². The second-order valence-electron chi connectivity index (χ2n) is 3.96. The van der Waals surface area contributed by atoms with E-state index in [0.717, 1.165) is 22.9 Å². The first-order valence-electron chi connectivity index (χ1n) is 5.65. The van der Waals surface area contributed by atoms with Gasteiger partial charge in [0.1, 0.15) is 0 Å². The normalized spacial score (nSPS) is 12.8. The molecule has 1 atom stereocenters. The number of hydrazine groups is 1. The molecule has 0 radical (unpaired) electrons. The summed E-state index contributed by atoms with van der Waals surface area (Å²) >= 11 is 0. The van der Waals surface area contributed by atoms with E-state index in [2.05, 4.69) is 28.6 Å². The van der Waals surface area contributed by atoms with E-state index in [0.29, 0.717) is 6.61 Å². The van der Waals surface area contributed by atoms with Gasteiger partial charge in [0.05, 0.1) is 5.52 Å². The number of rotatable bonds is 5. The third-order valence-electron chi connectivity index (χ3n) is 2.84. The zero-order chi connectivity index (χ0) is 12.1. The Morgan fingerprint density at radius 1 is 1.41 bits per heavy atom. The van der Waals surface area contributed by atoms with Gasteiger partial charge < -0.3 is 4.74 Å². The molecule has 0 saturated carbocycles. The van der Waals surface area contributed by atoms with E-state index in [9.17, 15) is 0 Å². The number of ether oxygens (including phenoxy) is 1. The highest BCUT2D eigenvalue weighted by molar-refractivity contribution is 5.79. The monoisotopic (exact) mass is 231 g/mol. The fourth-order valence-electron chi connectivity index (χ4n) is 1.89. The van der Waals surface area contributed by atoms with Crippen LogP contribution in [-0.4, -0.2) is 18.7 Å². The van der Waals surface area contributed by atoms with Crippen LogP contribution in [0.5, 0.6) is 0 Å². The highest BCUT2D eigenvalue weighted by atomic mass is 16.5. The van der Waals surface area contributed by atoms with Gasteiger partial charge in [-0.1, -0.05) is 12.1 Å². The lowest BCUT2D eigenvalue weighted by Gasteiger charge is -2.16. The lowest BCUT2D eigenvalue weighted by molar-refractivity contribution is 0.183. The van der Waals surface area contributed by atoms with Gasteiger partial charge in [-0.2, -0.15) is 0 Å². The number of methoxy groups -OCH3 is 1. The second-order valence-corrected chi connectivity index (χ2v) is 3.96. The molecule has 1 aromatic carbocycles. The highest BCUT2D eigenvalue weighted by Crippen LogP contribution is 2.20. The molecule has 1 aromatic heterocycles. The number of hydrogen-bond acceptors (Lipinski definition) is 4. The van der Waals surface area contributed by atoms with Gasteiger partial charge in [-0.25, -0.2) is 0 Å². The van der Waals surface area contributed by atoms with Crippen LogP contribution in [0.3, 0.4) is 0 Å². The summed E-state index contributed by atoms with van der Waals surface area (Å²) in [5.74, 6) is 5.57. The van der Waals surface area contributed by atoms with Crippen LogP contribution < -0.4 is 11.3 Å². The Hall–Kier alpha value is -1.49. The van der Waals surface area contributed by atoms with Crippen LogP contribution in [-0.2, 0) is 4.74 Å². The lowest BCUT2D eigenvalue weighted by Crippen LogP contribution is -2.28. The standard InChI is InChI=1S/C13H17N3O/c1-17-8-6-13(16-14)11-4-5-12-10(9-11)3-2-7-15-12/h2-5,7,9,13,16H,6,8,14H2,1H3. The van der Waals surface area contributed by atoms with E-state index in [1.165, 1.54) is 0 Å². The Kier molecular flexibility index (Phi) is 4.03. The maximum Gasteiger partial charge on any atom is 0.0702 e. The minimum Gasteiger partial charge on any atom is -0.385 e. The lowest BCUT2D eigenvalue weighted by atomic mass is 10.0. The molecule has 1 unspecified atom stereocenters. The molecule has 0 aliphatic heterocycles.